The molecule has 6 heteroatoms. The summed E-state index contributed by atoms with van der Waals surface area (Å²) in [6.45, 7) is 3.41. The van der Waals surface area contributed by atoms with Gasteiger partial charge in [-0.15, -0.1) is 0 Å². The van der Waals surface area contributed by atoms with Crippen LogP contribution in [-0.2, 0) is 18.6 Å². The molecule has 0 unspecified atom stereocenters. The number of carbonyl (C=O) groups is 3. The maximum absolute atomic E-state index is 13.3. The number of nitrogens with one attached hydrogen (secondary N) is 1. The minimum absolute atomic E-state index is 0.0146. The Balaban J connectivity index is 1.18. The molecule has 0 aromatic heterocycles. The maximum atomic E-state index is 13.3. The zero-order valence-electron chi connectivity index (χ0n) is 34.0. The molecule has 57 heavy (non-hydrogen) atoms. The average Bonchev–Trinajstić information content (AvgIpc) is 3.24. The van der Waals surface area contributed by atoms with Crippen LogP contribution in [0.25, 0.3) is 0 Å². The van der Waals surface area contributed by atoms with Gasteiger partial charge in [0.2, 0.25) is 0 Å². The van der Waals surface area contributed by atoms with Crippen LogP contribution in [0.5, 0.6) is 0 Å². The zero-order valence-corrected chi connectivity index (χ0v) is 34.0. The smallest absolute Gasteiger partial charge is 0.193 e. The van der Waals surface area contributed by atoms with Gasteiger partial charge in [-0.3, -0.25) is 14.4 Å². The first-order chi connectivity index (χ1) is 27.4. The average molecular weight is 758 g/mol. The second-order valence-corrected chi connectivity index (χ2v) is 16.5. The van der Waals surface area contributed by atoms with Gasteiger partial charge in [-0.25, -0.2) is 0 Å². The summed E-state index contributed by atoms with van der Waals surface area (Å²) in [6.07, 6.45) is 1.73. The van der Waals surface area contributed by atoms with Crippen LogP contribution in [0.15, 0.2) is 164 Å². The van der Waals surface area contributed by atoms with E-state index in [1.165, 1.54) is 11.1 Å². The first-order valence-electron chi connectivity index (χ1n) is 19.8. The van der Waals surface area contributed by atoms with E-state index in [0.29, 0.717) is 33.4 Å². The molecular weight excluding hydrogens is 703 g/mol. The molecule has 0 amide bonds. The van der Waals surface area contributed by atoms with Crippen molar-refractivity contribution in [2.24, 2.45) is 0 Å². The molecule has 6 nitrogen and oxygen atoms in total. The fourth-order valence-electron chi connectivity index (χ4n) is 7.67. The molecule has 0 atom stereocenters. The molecule has 0 aliphatic rings. The number of ketones is 3. The highest BCUT2D eigenvalue weighted by Gasteiger charge is 2.36. The van der Waals surface area contributed by atoms with Crippen LogP contribution in [0, 0.1) is 0 Å². The molecule has 6 aromatic carbocycles. The van der Waals surface area contributed by atoms with Crippen LogP contribution in [0.1, 0.15) is 77.3 Å². The van der Waals surface area contributed by atoms with Gasteiger partial charge in [-0.2, -0.15) is 0 Å². The van der Waals surface area contributed by atoms with E-state index in [-0.39, 0.29) is 22.9 Å². The van der Waals surface area contributed by atoms with Crippen molar-refractivity contribution in [3.63, 3.8) is 0 Å². The summed E-state index contributed by atoms with van der Waals surface area (Å²) in [5.41, 5.74) is 7.26. The van der Waals surface area contributed by atoms with Crippen molar-refractivity contribution in [2.75, 3.05) is 48.3 Å². The normalized spacial score (nSPS) is 11.9. The van der Waals surface area contributed by atoms with Crippen LogP contribution >= 0.6 is 0 Å². The van der Waals surface area contributed by atoms with Gasteiger partial charge in [0.05, 0.1) is 46.8 Å². The van der Waals surface area contributed by atoms with Gasteiger partial charge in [-0.1, -0.05) is 164 Å². The fraction of sp³-hybridized carbons (Fsp3) is 0.235. The Morgan fingerprint density at radius 2 is 0.702 bits per heavy atom. The Bertz CT molecular complexity index is 2130. The number of hydrogen-bond acceptors (Lipinski definition) is 4. The van der Waals surface area contributed by atoms with Crippen molar-refractivity contribution in [1.82, 2.24) is 5.32 Å². The molecule has 0 bridgehead atoms. The largest absolute Gasteiger partial charge is 0.325 e. The number of nitrogens with zero attached hydrogens (tertiary/aromatic N) is 2. The molecule has 0 heterocycles. The van der Waals surface area contributed by atoms with Crippen LogP contribution < -0.4 is 5.32 Å². The van der Waals surface area contributed by atoms with Gasteiger partial charge in [0.25, 0.3) is 0 Å². The molecule has 0 spiro atoms. The molecule has 290 valence electrons. The number of rotatable bonds is 18. The quantitative estimate of drug-likeness (QED) is 0.0702. The van der Waals surface area contributed by atoms with Crippen LogP contribution in [0.2, 0.25) is 0 Å². The van der Waals surface area contributed by atoms with E-state index in [1.807, 2.05) is 134 Å². The highest BCUT2D eigenvalue weighted by molar-refractivity contribution is 6.10. The van der Waals surface area contributed by atoms with E-state index in [0.717, 1.165) is 53.6 Å². The number of benzene rings is 6. The summed E-state index contributed by atoms with van der Waals surface area (Å²) >= 11 is 0. The third kappa shape index (κ3) is 10.5. The molecule has 0 aliphatic heterocycles. The predicted octanol–water partition coefficient (Wildman–Crippen LogP) is 9.13. The summed E-state index contributed by atoms with van der Waals surface area (Å²) < 4.78 is 1.51. The van der Waals surface area contributed by atoms with Crippen molar-refractivity contribution in [3.8, 4) is 0 Å². The Hall–Kier alpha value is -5.79. The van der Waals surface area contributed by atoms with E-state index >= 15 is 0 Å². The van der Waals surface area contributed by atoms with Crippen molar-refractivity contribution in [2.45, 2.75) is 31.5 Å². The molecule has 6 rings (SSSR count). The van der Waals surface area contributed by atoms with Gasteiger partial charge in [0, 0.05) is 57.3 Å². The van der Waals surface area contributed by atoms with Gasteiger partial charge in [0.15, 0.2) is 17.3 Å². The van der Waals surface area contributed by atoms with Crippen molar-refractivity contribution in [3.05, 3.63) is 214 Å². The van der Waals surface area contributed by atoms with E-state index in [2.05, 4.69) is 69.9 Å². The van der Waals surface area contributed by atoms with Crippen molar-refractivity contribution < 1.29 is 23.3 Å². The lowest BCUT2D eigenvalue weighted by atomic mass is 9.82. The number of quaternary nitrogens is 2. The third-order valence-corrected chi connectivity index (χ3v) is 11.2. The molecule has 6 aromatic rings. The highest BCUT2D eigenvalue weighted by Crippen LogP contribution is 2.32. The highest BCUT2D eigenvalue weighted by atomic mass is 16.1. The first-order valence-corrected chi connectivity index (χ1v) is 19.8. The van der Waals surface area contributed by atoms with Gasteiger partial charge in [-0.05, 0) is 12.6 Å². The minimum Gasteiger partial charge on any atom is -0.325 e. The van der Waals surface area contributed by atoms with Crippen LogP contribution in [-0.4, -0.2) is 74.6 Å². The topological polar surface area (TPSA) is 63.2 Å². The molecule has 0 radical (unpaired) electrons. The SMILES string of the molecule is CNC(CC[N+](C)(C)Cc1ccc(C(=O)c2ccccc2)cc1)(CC[N+](C)(C)Cc1ccc(C(=O)c2ccccc2)cc1)c1ccc(C(=O)c2ccccc2)cc1. The van der Waals surface area contributed by atoms with Crippen LogP contribution in [0.4, 0.5) is 0 Å². The van der Waals surface area contributed by atoms with Crippen LogP contribution in [0.3, 0.4) is 0 Å². The summed E-state index contributed by atoms with van der Waals surface area (Å²) in [7, 11) is 11.1. The van der Waals surface area contributed by atoms with E-state index in [1.54, 1.807) is 0 Å². The van der Waals surface area contributed by atoms with Crippen molar-refractivity contribution >= 4 is 17.3 Å². The Morgan fingerprint density at radius 3 is 1.00 bits per heavy atom. The third-order valence-electron chi connectivity index (χ3n) is 11.2. The molecule has 0 saturated carbocycles. The predicted molar refractivity (Wildman–Crippen MR) is 230 cm³/mol. The lowest BCUT2D eigenvalue weighted by molar-refractivity contribution is -0.906. The summed E-state index contributed by atoms with van der Waals surface area (Å²) in [5, 5.41) is 3.78. The second-order valence-electron chi connectivity index (χ2n) is 16.5. The van der Waals surface area contributed by atoms with Gasteiger partial charge in [0.1, 0.15) is 13.1 Å². The monoisotopic (exact) mass is 757 g/mol. The zero-order chi connectivity index (χ0) is 40.5. The standard InChI is InChI=1S/C51H55N3O3/c1-52-51(47-31-29-46(30-32-47)50(57)43-19-13-8-14-20-43,33-35-53(2,3)37-39-21-25-44(26-22-39)48(55)41-15-9-6-10-16-41)34-36-54(4,5)38-40-23-27-45(28-24-40)49(56)42-17-11-7-12-18-42/h6-32,52H,33-38H2,1-5H3/q+2. The Kier molecular flexibility index (Phi) is 12.9. The molecule has 0 aliphatic carbocycles. The van der Waals surface area contributed by atoms with Crippen molar-refractivity contribution in [1.29, 1.82) is 0 Å². The number of carbonyl (C=O) groups excluding carboxylic acids is 3. The Morgan fingerprint density at radius 1 is 0.421 bits per heavy atom. The molecule has 1 N–H and O–H groups in total. The lowest BCUT2D eigenvalue weighted by Crippen LogP contribution is -2.50. The van der Waals surface area contributed by atoms with E-state index in [9.17, 15) is 14.4 Å². The number of hydrogen-bond donors (Lipinski definition) is 1. The second kappa shape index (κ2) is 18.0. The Labute approximate surface area is 338 Å². The van der Waals surface area contributed by atoms with Gasteiger partial charge < -0.3 is 14.3 Å². The van der Waals surface area contributed by atoms with Gasteiger partial charge >= 0.3 is 0 Å². The van der Waals surface area contributed by atoms with E-state index in [4.69, 9.17) is 0 Å². The minimum atomic E-state index is -0.364. The summed E-state index contributed by atoms with van der Waals surface area (Å²) in [4.78, 5) is 39.4. The molecular formula is C51H55N3O3+2. The fourth-order valence-corrected chi connectivity index (χ4v) is 7.67. The molecule has 0 fully saturated rings. The maximum Gasteiger partial charge on any atom is 0.193 e. The summed E-state index contributed by atoms with van der Waals surface area (Å²) in [6, 6.07) is 52.5. The van der Waals surface area contributed by atoms with E-state index < -0.39 is 0 Å². The lowest BCUT2D eigenvalue weighted by Gasteiger charge is -2.41. The molecule has 0 saturated heterocycles. The first kappa shape index (κ1) is 40.9. The summed E-state index contributed by atoms with van der Waals surface area (Å²) in [5.74, 6) is 0.0752.